The largest absolute Gasteiger partial charge is 0.468 e. The van der Waals surface area contributed by atoms with Crippen molar-refractivity contribution in [3.63, 3.8) is 0 Å². The normalized spacial score (nSPS) is 11.6. The van der Waals surface area contributed by atoms with E-state index < -0.39 is 44.8 Å². The third-order valence-electron chi connectivity index (χ3n) is 2.36. The highest BCUT2D eigenvalue weighted by Crippen LogP contribution is 2.24. The Kier molecular flexibility index (Phi) is 4.43. The maximum Gasteiger partial charge on any atom is 0.321 e. The van der Waals surface area contributed by atoms with Crippen LogP contribution in [0.2, 0.25) is 0 Å². The van der Waals surface area contributed by atoms with Gasteiger partial charge in [-0.25, -0.2) is 17.2 Å². The van der Waals surface area contributed by atoms with Gasteiger partial charge in [-0.05, 0) is 12.1 Å². The fourth-order valence-corrected chi connectivity index (χ4v) is 2.44. The standard InChI is InChI=1S/C10H12F2N2O4S/c1-14(5-8(15)18-2)19(16,17)7-4-3-6(11)10(13)9(7)12/h3-4H,5,13H2,1-2H3. The van der Waals surface area contributed by atoms with E-state index in [1.807, 2.05) is 0 Å². The molecule has 6 nitrogen and oxygen atoms in total. The molecule has 0 fully saturated rings. The number of carbonyl (C=O) groups is 1. The average Bonchev–Trinajstić information content (AvgIpc) is 2.35. The molecule has 106 valence electrons. The summed E-state index contributed by atoms with van der Waals surface area (Å²) in [5.74, 6) is -3.27. The minimum absolute atomic E-state index is 0.578. The number of benzene rings is 1. The van der Waals surface area contributed by atoms with Gasteiger partial charge in [-0.15, -0.1) is 0 Å². The van der Waals surface area contributed by atoms with Crippen LogP contribution >= 0.6 is 0 Å². The molecule has 0 saturated heterocycles. The van der Waals surface area contributed by atoms with E-state index >= 15 is 0 Å². The Hall–Kier alpha value is -1.74. The molecule has 0 saturated carbocycles. The van der Waals surface area contributed by atoms with Crippen molar-refractivity contribution in [3.8, 4) is 0 Å². The van der Waals surface area contributed by atoms with Crippen molar-refractivity contribution in [1.82, 2.24) is 4.31 Å². The van der Waals surface area contributed by atoms with Gasteiger partial charge < -0.3 is 10.5 Å². The third-order valence-corrected chi connectivity index (χ3v) is 4.18. The molecule has 0 aliphatic heterocycles. The minimum Gasteiger partial charge on any atom is -0.468 e. The molecule has 0 unspecified atom stereocenters. The van der Waals surface area contributed by atoms with Crippen LogP contribution in [0.25, 0.3) is 0 Å². The molecule has 0 amide bonds. The molecule has 2 N–H and O–H groups in total. The molecule has 19 heavy (non-hydrogen) atoms. The molecule has 0 aliphatic rings. The summed E-state index contributed by atoms with van der Waals surface area (Å²) in [7, 11) is -2.16. The van der Waals surface area contributed by atoms with Gasteiger partial charge in [0.2, 0.25) is 10.0 Å². The molecule has 9 heteroatoms. The van der Waals surface area contributed by atoms with E-state index in [4.69, 9.17) is 5.73 Å². The summed E-state index contributed by atoms with van der Waals surface area (Å²) >= 11 is 0. The summed E-state index contributed by atoms with van der Waals surface area (Å²) < 4.78 is 55.4. The summed E-state index contributed by atoms with van der Waals surface area (Å²) in [5, 5.41) is 0. The zero-order valence-corrected chi connectivity index (χ0v) is 11.0. The van der Waals surface area contributed by atoms with Crippen molar-refractivity contribution in [2.75, 3.05) is 26.4 Å². The number of nitrogens with two attached hydrogens (primary N) is 1. The molecule has 0 radical (unpaired) electrons. The third kappa shape index (κ3) is 2.99. The van der Waals surface area contributed by atoms with Crippen LogP contribution in [0, 0.1) is 11.6 Å². The molecule has 0 aromatic heterocycles. The number of hydrogen-bond acceptors (Lipinski definition) is 5. The maximum absolute atomic E-state index is 13.7. The lowest BCUT2D eigenvalue weighted by atomic mass is 10.3. The second-order valence-corrected chi connectivity index (χ2v) is 5.62. The fourth-order valence-electron chi connectivity index (χ4n) is 1.25. The fraction of sp³-hybridized carbons (Fsp3) is 0.300. The maximum atomic E-state index is 13.7. The molecule has 0 spiro atoms. The van der Waals surface area contributed by atoms with E-state index in [-0.39, 0.29) is 0 Å². The van der Waals surface area contributed by atoms with Gasteiger partial charge in [0.25, 0.3) is 0 Å². The second-order valence-electron chi connectivity index (χ2n) is 3.61. The smallest absolute Gasteiger partial charge is 0.321 e. The van der Waals surface area contributed by atoms with Crippen LogP contribution in [0.5, 0.6) is 0 Å². The molecule has 1 rings (SSSR count). The van der Waals surface area contributed by atoms with Gasteiger partial charge in [0.05, 0.1) is 7.11 Å². The van der Waals surface area contributed by atoms with E-state index in [1.54, 1.807) is 0 Å². The van der Waals surface area contributed by atoms with E-state index in [0.717, 1.165) is 26.3 Å². The highest BCUT2D eigenvalue weighted by molar-refractivity contribution is 7.89. The number of halogens is 2. The molecule has 1 aromatic rings. The molecule has 0 atom stereocenters. The SMILES string of the molecule is COC(=O)CN(C)S(=O)(=O)c1ccc(F)c(N)c1F. The number of nitrogen functional groups attached to an aromatic ring is 1. The van der Waals surface area contributed by atoms with Gasteiger partial charge in [-0.3, -0.25) is 4.79 Å². The van der Waals surface area contributed by atoms with Crippen molar-refractivity contribution >= 4 is 21.7 Å². The van der Waals surface area contributed by atoms with E-state index in [0.29, 0.717) is 4.31 Å². The second kappa shape index (κ2) is 5.49. The summed E-state index contributed by atoms with van der Waals surface area (Å²) in [6.07, 6.45) is 0. The van der Waals surface area contributed by atoms with Crippen LogP contribution in [-0.4, -0.2) is 39.4 Å². The first-order valence-corrected chi connectivity index (χ1v) is 6.42. The molecular weight excluding hydrogens is 282 g/mol. The van der Waals surface area contributed by atoms with Crippen LogP contribution in [-0.2, 0) is 19.6 Å². The number of nitrogens with zero attached hydrogens (tertiary/aromatic N) is 1. The predicted octanol–water partition coefficient (Wildman–Crippen LogP) is 0.341. The number of ether oxygens (including phenoxy) is 1. The number of carbonyl (C=O) groups excluding carboxylic acids is 1. The lowest BCUT2D eigenvalue weighted by Crippen LogP contribution is -2.33. The van der Waals surface area contributed by atoms with E-state index in [1.165, 1.54) is 0 Å². The van der Waals surface area contributed by atoms with Crippen LogP contribution in [0.3, 0.4) is 0 Å². The zero-order chi connectivity index (χ0) is 14.8. The first-order valence-electron chi connectivity index (χ1n) is 4.98. The number of hydrogen-bond donors (Lipinski definition) is 1. The first kappa shape index (κ1) is 15.3. The monoisotopic (exact) mass is 294 g/mol. The Morgan fingerprint density at radius 3 is 2.53 bits per heavy atom. The molecular formula is C10H12F2N2O4S. The number of likely N-dealkylation sites (N-methyl/N-ethyl adjacent to an activating group) is 1. The zero-order valence-electron chi connectivity index (χ0n) is 10.2. The van der Waals surface area contributed by atoms with Crippen molar-refractivity contribution in [2.24, 2.45) is 0 Å². The van der Waals surface area contributed by atoms with Crippen molar-refractivity contribution < 1.29 is 26.7 Å². The van der Waals surface area contributed by atoms with Crippen LogP contribution < -0.4 is 5.73 Å². The number of esters is 1. The Morgan fingerprint density at radius 2 is 2.00 bits per heavy atom. The highest BCUT2D eigenvalue weighted by atomic mass is 32.2. The Bertz CT molecular complexity index is 604. The van der Waals surface area contributed by atoms with Gasteiger partial charge in [-0.2, -0.15) is 4.31 Å². The summed E-state index contributed by atoms with van der Waals surface area (Å²) in [6, 6.07) is 1.47. The van der Waals surface area contributed by atoms with Gasteiger partial charge in [0, 0.05) is 7.05 Å². The average molecular weight is 294 g/mol. The topological polar surface area (TPSA) is 89.7 Å². The van der Waals surface area contributed by atoms with Crippen LogP contribution in [0.1, 0.15) is 0 Å². The van der Waals surface area contributed by atoms with Gasteiger partial charge in [0.1, 0.15) is 22.9 Å². The molecule has 0 bridgehead atoms. The van der Waals surface area contributed by atoms with Gasteiger partial charge in [0.15, 0.2) is 5.82 Å². The van der Waals surface area contributed by atoms with Crippen LogP contribution in [0.15, 0.2) is 17.0 Å². The number of rotatable bonds is 4. The Balaban J connectivity index is 3.21. The van der Waals surface area contributed by atoms with Gasteiger partial charge in [-0.1, -0.05) is 0 Å². The summed E-state index contributed by atoms with van der Waals surface area (Å²) in [6.45, 7) is -0.602. The first-order chi connectivity index (χ1) is 8.71. The number of methoxy groups -OCH3 is 1. The quantitative estimate of drug-likeness (QED) is 0.639. The highest BCUT2D eigenvalue weighted by Gasteiger charge is 2.28. The summed E-state index contributed by atoms with van der Waals surface area (Å²) in [5.41, 5.74) is 4.19. The molecule has 0 aliphatic carbocycles. The van der Waals surface area contributed by atoms with E-state index in [9.17, 15) is 22.0 Å². The molecule has 1 aromatic carbocycles. The number of anilines is 1. The lowest BCUT2D eigenvalue weighted by Gasteiger charge is -2.16. The lowest BCUT2D eigenvalue weighted by molar-refractivity contribution is -0.140. The van der Waals surface area contributed by atoms with Crippen LogP contribution in [0.4, 0.5) is 14.5 Å². The van der Waals surface area contributed by atoms with Crippen molar-refractivity contribution in [2.45, 2.75) is 4.90 Å². The Labute approximate surface area is 108 Å². The summed E-state index contributed by atoms with van der Waals surface area (Å²) in [4.78, 5) is 10.2. The molecule has 0 heterocycles. The predicted molar refractivity (Wildman–Crippen MR) is 62.6 cm³/mol. The Morgan fingerprint density at radius 1 is 1.42 bits per heavy atom. The van der Waals surface area contributed by atoms with Crippen molar-refractivity contribution in [1.29, 1.82) is 0 Å². The van der Waals surface area contributed by atoms with Crippen molar-refractivity contribution in [3.05, 3.63) is 23.8 Å². The minimum atomic E-state index is -4.30. The van der Waals surface area contributed by atoms with Gasteiger partial charge >= 0.3 is 5.97 Å². The van der Waals surface area contributed by atoms with E-state index in [2.05, 4.69) is 4.74 Å². The number of sulfonamides is 1.